The third kappa shape index (κ3) is 5.56. The van der Waals surface area contributed by atoms with Gasteiger partial charge in [-0.2, -0.15) is 0 Å². The van der Waals surface area contributed by atoms with E-state index >= 15 is 0 Å². The van der Waals surface area contributed by atoms with E-state index in [9.17, 15) is 14.4 Å². The average Bonchev–Trinajstić information content (AvgIpc) is 2.94. The first kappa shape index (κ1) is 18.9. The normalized spacial score (nSPS) is 17.2. The molecule has 136 valence electrons. The zero-order valence-electron chi connectivity index (χ0n) is 14.8. The van der Waals surface area contributed by atoms with Crippen molar-refractivity contribution < 1.29 is 14.4 Å². The van der Waals surface area contributed by atoms with Crippen LogP contribution in [0.25, 0.3) is 0 Å². The van der Waals surface area contributed by atoms with Gasteiger partial charge in [0.05, 0.1) is 5.92 Å². The zero-order valence-corrected chi connectivity index (χ0v) is 14.8. The predicted molar refractivity (Wildman–Crippen MR) is 94.7 cm³/mol. The molecule has 1 aliphatic heterocycles. The number of rotatable bonds is 8. The highest BCUT2D eigenvalue weighted by Gasteiger charge is 2.33. The maximum atomic E-state index is 12.3. The van der Waals surface area contributed by atoms with Gasteiger partial charge in [0.15, 0.2) is 0 Å². The predicted octanol–water partition coefficient (Wildman–Crippen LogP) is 0.202. The summed E-state index contributed by atoms with van der Waals surface area (Å²) in [5.74, 6) is -0.835. The average molecular weight is 346 g/mol. The fourth-order valence-corrected chi connectivity index (χ4v) is 2.86. The van der Waals surface area contributed by atoms with Gasteiger partial charge >= 0.3 is 0 Å². The Hall–Kier alpha value is -2.41. The minimum absolute atomic E-state index is 0.0460. The van der Waals surface area contributed by atoms with Crippen LogP contribution in [0.4, 0.5) is 0 Å². The van der Waals surface area contributed by atoms with Crippen LogP contribution < -0.4 is 11.1 Å². The highest BCUT2D eigenvalue weighted by Crippen LogP contribution is 2.18. The number of nitrogens with one attached hydrogen (secondary N) is 1. The SMILES string of the molecule is CN(C)CCCN1CC(C(=O)NCc2ccc(C(N)=O)cc2)CC1=O. The Balaban J connectivity index is 1.79. The minimum Gasteiger partial charge on any atom is -0.366 e. The summed E-state index contributed by atoms with van der Waals surface area (Å²) in [6.07, 6.45) is 1.17. The Morgan fingerprint density at radius 1 is 1.28 bits per heavy atom. The number of hydrogen-bond acceptors (Lipinski definition) is 4. The second kappa shape index (κ2) is 8.62. The molecule has 1 atom stereocenters. The van der Waals surface area contributed by atoms with Crippen LogP contribution in [0.15, 0.2) is 24.3 Å². The van der Waals surface area contributed by atoms with Gasteiger partial charge in [0.2, 0.25) is 17.7 Å². The van der Waals surface area contributed by atoms with Crippen LogP contribution in [0, 0.1) is 5.92 Å². The quantitative estimate of drug-likeness (QED) is 0.703. The second-order valence-electron chi connectivity index (χ2n) is 6.68. The molecule has 0 radical (unpaired) electrons. The number of nitrogens with zero attached hydrogens (tertiary/aromatic N) is 2. The molecule has 0 spiro atoms. The Kier molecular flexibility index (Phi) is 6.52. The maximum Gasteiger partial charge on any atom is 0.248 e. The maximum absolute atomic E-state index is 12.3. The lowest BCUT2D eigenvalue weighted by Crippen LogP contribution is -2.33. The summed E-state index contributed by atoms with van der Waals surface area (Å²) in [6, 6.07) is 6.78. The highest BCUT2D eigenvalue weighted by molar-refractivity contribution is 5.92. The van der Waals surface area contributed by atoms with Crippen molar-refractivity contribution in [2.24, 2.45) is 11.7 Å². The number of amides is 3. The number of benzene rings is 1. The lowest BCUT2D eigenvalue weighted by atomic mass is 10.1. The molecule has 0 bridgehead atoms. The van der Waals surface area contributed by atoms with Crippen LogP contribution in [-0.2, 0) is 16.1 Å². The molecule has 3 amide bonds. The van der Waals surface area contributed by atoms with E-state index in [1.54, 1.807) is 29.2 Å². The molecular formula is C18H26N4O3. The molecule has 1 heterocycles. The van der Waals surface area contributed by atoms with Gasteiger partial charge in [0.25, 0.3) is 0 Å². The molecule has 1 aliphatic rings. The monoisotopic (exact) mass is 346 g/mol. The number of carbonyl (C=O) groups excluding carboxylic acids is 3. The lowest BCUT2D eigenvalue weighted by molar-refractivity contribution is -0.129. The van der Waals surface area contributed by atoms with Crippen molar-refractivity contribution in [1.82, 2.24) is 15.1 Å². The molecule has 3 N–H and O–H groups in total. The zero-order chi connectivity index (χ0) is 18.4. The number of hydrogen-bond donors (Lipinski definition) is 2. The van der Waals surface area contributed by atoms with E-state index < -0.39 is 5.91 Å². The van der Waals surface area contributed by atoms with Crippen LogP contribution in [-0.4, -0.2) is 61.3 Å². The van der Waals surface area contributed by atoms with Gasteiger partial charge in [0.1, 0.15) is 0 Å². The van der Waals surface area contributed by atoms with Crippen LogP contribution >= 0.6 is 0 Å². The summed E-state index contributed by atoms with van der Waals surface area (Å²) in [5.41, 5.74) is 6.51. The van der Waals surface area contributed by atoms with Crippen molar-refractivity contribution in [1.29, 1.82) is 0 Å². The topological polar surface area (TPSA) is 95.7 Å². The summed E-state index contributed by atoms with van der Waals surface area (Å²) < 4.78 is 0. The van der Waals surface area contributed by atoms with Gasteiger partial charge in [-0.3, -0.25) is 14.4 Å². The molecule has 1 fully saturated rings. The van der Waals surface area contributed by atoms with E-state index in [-0.39, 0.29) is 24.2 Å². The molecule has 0 saturated carbocycles. The molecule has 7 nitrogen and oxygen atoms in total. The molecule has 7 heteroatoms. The number of primary amides is 1. The smallest absolute Gasteiger partial charge is 0.248 e. The van der Waals surface area contributed by atoms with E-state index in [2.05, 4.69) is 10.2 Å². The molecule has 1 aromatic rings. The highest BCUT2D eigenvalue weighted by atomic mass is 16.2. The van der Waals surface area contributed by atoms with E-state index in [1.165, 1.54) is 0 Å². The molecule has 1 aromatic carbocycles. The van der Waals surface area contributed by atoms with E-state index in [1.807, 2.05) is 14.1 Å². The van der Waals surface area contributed by atoms with Crippen molar-refractivity contribution in [3.8, 4) is 0 Å². The van der Waals surface area contributed by atoms with Crippen LogP contribution in [0.3, 0.4) is 0 Å². The Morgan fingerprint density at radius 2 is 1.96 bits per heavy atom. The standard InChI is InChI=1S/C18H26N4O3/c1-21(2)8-3-9-22-12-15(10-16(22)23)18(25)20-11-13-4-6-14(7-5-13)17(19)24/h4-7,15H,3,8-12H2,1-2H3,(H2,19,24)(H,20,25). The number of carbonyl (C=O) groups is 3. The Bertz CT molecular complexity index is 628. The second-order valence-corrected chi connectivity index (χ2v) is 6.68. The molecular weight excluding hydrogens is 320 g/mol. The summed E-state index contributed by atoms with van der Waals surface area (Å²) >= 11 is 0. The fraction of sp³-hybridized carbons (Fsp3) is 0.500. The van der Waals surface area contributed by atoms with Crippen molar-refractivity contribution in [2.75, 3.05) is 33.7 Å². The van der Waals surface area contributed by atoms with Crippen molar-refractivity contribution in [2.45, 2.75) is 19.4 Å². The van der Waals surface area contributed by atoms with Gasteiger partial charge in [-0.25, -0.2) is 0 Å². The molecule has 0 aliphatic carbocycles. The number of nitrogens with two attached hydrogens (primary N) is 1. The van der Waals surface area contributed by atoms with E-state index in [0.29, 0.717) is 25.2 Å². The van der Waals surface area contributed by atoms with E-state index in [4.69, 9.17) is 5.73 Å². The van der Waals surface area contributed by atoms with Gasteiger partial charge in [-0.05, 0) is 44.8 Å². The van der Waals surface area contributed by atoms with Crippen LogP contribution in [0.5, 0.6) is 0 Å². The van der Waals surface area contributed by atoms with Crippen molar-refractivity contribution >= 4 is 17.7 Å². The van der Waals surface area contributed by atoms with Crippen molar-refractivity contribution in [3.63, 3.8) is 0 Å². The summed E-state index contributed by atoms with van der Waals surface area (Å²) in [5, 5.41) is 2.86. The third-order valence-electron chi connectivity index (χ3n) is 4.32. The van der Waals surface area contributed by atoms with Gasteiger partial charge in [-0.1, -0.05) is 12.1 Å². The van der Waals surface area contributed by atoms with Gasteiger partial charge < -0.3 is 20.9 Å². The van der Waals surface area contributed by atoms with Crippen LogP contribution in [0.2, 0.25) is 0 Å². The lowest BCUT2D eigenvalue weighted by Gasteiger charge is -2.18. The third-order valence-corrected chi connectivity index (χ3v) is 4.32. The largest absolute Gasteiger partial charge is 0.366 e. The number of likely N-dealkylation sites (tertiary alicyclic amines) is 1. The van der Waals surface area contributed by atoms with Crippen LogP contribution in [0.1, 0.15) is 28.8 Å². The molecule has 2 rings (SSSR count). The first-order chi connectivity index (χ1) is 11.9. The van der Waals surface area contributed by atoms with Gasteiger partial charge in [-0.15, -0.1) is 0 Å². The fourth-order valence-electron chi connectivity index (χ4n) is 2.86. The minimum atomic E-state index is -0.477. The Labute approximate surface area is 148 Å². The summed E-state index contributed by atoms with van der Waals surface area (Å²) in [6.45, 7) is 2.46. The Morgan fingerprint density at radius 3 is 2.56 bits per heavy atom. The molecule has 25 heavy (non-hydrogen) atoms. The molecule has 0 aromatic heterocycles. The molecule has 1 unspecified atom stereocenters. The summed E-state index contributed by atoms with van der Waals surface area (Å²) in [4.78, 5) is 39.2. The molecule has 1 saturated heterocycles. The summed E-state index contributed by atoms with van der Waals surface area (Å²) in [7, 11) is 4.00. The van der Waals surface area contributed by atoms with E-state index in [0.717, 1.165) is 18.5 Å². The first-order valence-corrected chi connectivity index (χ1v) is 8.45. The van der Waals surface area contributed by atoms with Crippen molar-refractivity contribution in [3.05, 3.63) is 35.4 Å². The van der Waals surface area contributed by atoms with Gasteiger partial charge in [0, 0.05) is 31.6 Å². The first-order valence-electron chi connectivity index (χ1n) is 8.45.